The van der Waals surface area contributed by atoms with Crippen LogP contribution in [0.3, 0.4) is 0 Å². The summed E-state index contributed by atoms with van der Waals surface area (Å²) in [5.74, 6) is 3.08. The first kappa shape index (κ1) is 19.9. The van der Waals surface area contributed by atoms with Crippen molar-refractivity contribution in [1.29, 1.82) is 0 Å². The van der Waals surface area contributed by atoms with Gasteiger partial charge in [0.15, 0.2) is 0 Å². The molecule has 30 heavy (non-hydrogen) atoms. The highest BCUT2D eigenvalue weighted by Crippen LogP contribution is 2.40. The van der Waals surface area contributed by atoms with Gasteiger partial charge in [0.05, 0.1) is 5.56 Å². The molecule has 2 aromatic carbocycles. The van der Waals surface area contributed by atoms with Gasteiger partial charge in [-0.15, -0.1) is 17.8 Å². The molecule has 1 N–H and O–H groups in total. The Morgan fingerprint density at radius 3 is 2.67 bits per heavy atom. The van der Waals surface area contributed by atoms with E-state index in [2.05, 4.69) is 11.2 Å². The highest BCUT2D eigenvalue weighted by molar-refractivity contribution is 7.16. The molecule has 150 valence electrons. The van der Waals surface area contributed by atoms with Gasteiger partial charge in [0.2, 0.25) is 0 Å². The SMILES string of the molecule is C#CCOc1ccc(C=Nc2sc3c(c2C(=O)Nc2ccccc2)CCCC3)cc1. The number of hydrogen-bond donors (Lipinski definition) is 1. The second-order valence-electron chi connectivity index (χ2n) is 7.03. The van der Waals surface area contributed by atoms with Crippen LogP contribution < -0.4 is 10.1 Å². The standard InChI is InChI=1S/C25H22N2O2S/c1-2-16-29-20-14-12-18(13-15-20)17-26-25-23(21-10-6-7-11-22(21)30-25)24(28)27-19-8-4-3-5-9-19/h1,3-5,8-9,12-15,17H,6-7,10-11,16H2,(H,27,28). The Bertz CT molecular complexity index is 1090. The van der Waals surface area contributed by atoms with E-state index in [0.29, 0.717) is 5.56 Å². The summed E-state index contributed by atoms with van der Waals surface area (Å²) in [5.41, 5.74) is 3.59. The molecule has 4 rings (SSSR count). The average Bonchev–Trinajstić information content (AvgIpc) is 3.16. The molecular weight excluding hydrogens is 392 g/mol. The van der Waals surface area contributed by atoms with Crippen LogP contribution in [0.4, 0.5) is 10.7 Å². The minimum atomic E-state index is -0.0919. The van der Waals surface area contributed by atoms with Gasteiger partial charge in [-0.1, -0.05) is 24.1 Å². The van der Waals surface area contributed by atoms with Crippen LogP contribution in [0.5, 0.6) is 5.75 Å². The number of hydrogen-bond acceptors (Lipinski definition) is 4. The average molecular weight is 415 g/mol. The molecule has 1 aromatic heterocycles. The summed E-state index contributed by atoms with van der Waals surface area (Å²) in [5, 5.41) is 3.79. The normalized spacial score (nSPS) is 12.9. The van der Waals surface area contributed by atoms with Gasteiger partial charge in [-0.25, -0.2) is 4.99 Å². The van der Waals surface area contributed by atoms with Crippen molar-refractivity contribution in [3.8, 4) is 18.1 Å². The summed E-state index contributed by atoms with van der Waals surface area (Å²) in [7, 11) is 0. The fourth-order valence-corrected chi connectivity index (χ4v) is 4.73. The molecule has 0 saturated carbocycles. The molecule has 0 saturated heterocycles. The quantitative estimate of drug-likeness (QED) is 0.419. The van der Waals surface area contributed by atoms with Crippen molar-refractivity contribution >= 4 is 34.1 Å². The van der Waals surface area contributed by atoms with Crippen molar-refractivity contribution < 1.29 is 9.53 Å². The lowest BCUT2D eigenvalue weighted by molar-refractivity contribution is 0.102. The van der Waals surface area contributed by atoms with Crippen LogP contribution in [0.1, 0.15) is 39.2 Å². The summed E-state index contributed by atoms with van der Waals surface area (Å²) in [6.07, 6.45) is 11.2. The molecule has 5 heteroatoms. The van der Waals surface area contributed by atoms with E-state index in [1.165, 1.54) is 4.88 Å². The van der Waals surface area contributed by atoms with E-state index in [-0.39, 0.29) is 12.5 Å². The summed E-state index contributed by atoms with van der Waals surface area (Å²) in [6, 6.07) is 17.1. The topological polar surface area (TPSA) is 50.7 Å². The second-order valence-corrected chi connectivity index (χ2v) is 8.11. The molecule has 0 aliphatic heterocycles. The van der Waals surface area contributed by atoms with Crippen molar-refractivity contribution in [2.75, 3.05) is 11.9 Å². The molecule has 1 aliphatic carbocycles. The lowest BCUT2D eigenvalue weighted by Gasteiger charge is -2.12. The Balaban J connectivity index is 1.59. The zero-order valence-electron chi connectivity index (χ0n) is 16.6. The molecule has 4 nitrogen and oxygen atoms in total. The third-order valence-electron chi connectivity index (χ3n) is 4.94. The number of benzene rings is 2. The molecule has 0 bridgehead atoms. The van der Waals surface area contributed by atoms with E-state index in [0.717, 1.165) is 53.2 Å². The predicted octanol–water partition coefficient (Wildman–Crippen LogP) is 5.64. The maximum Gasteiger partial charge on any atom is 0.259 e. The molecule has 3 aromatic rings. The first-order valence-corrected chi connectivity index (χ1v) is 10.8. The summed E-state index contributed by atoms with van der Waals surface area (Å²) in [4.78, 5) is 19.1. The fourth-order valence-electron chi connectivity index (χ4n) is 3.50. The molecule has 1 heterocycles. The molecule has 1 amide bonds. The van der Waals surface area contributed by atoms with Gasteiger partial charge < -0.3 is 10.1 Å². The van der Waals surface area contributed by atoms with Gasteiger partial charge in [0, 0.05) is 16.8 Å². The van der Waals surface area contributed by atoms with E-state index >= 15 is 0 Å². The monoisotopic (exact) mass is 414 g/mol. The van der Waals surface area contributed by atoms with E-state index in [1.807, 2.05) is 54.6 Å². The Morgan fingerprint density at radius 2 is 1.90 bits per heavy atom. The molecule has 1 aliphatic rings. The number of rotatable bonds is 6. The maximum atomic E-state index is 13.1. The number of amides is 1. The molecule has 0 radical (unpaired) electrons. The number of carbonyl (C=O) groups is 1. The number of anilines is 1. The fraction of sp³-hybridized carbons (Fsp3) is 0.200. The van der Waals surface area contributed by atoms with Crippen molar-refractivity contribution in [2.24, 2.45) is 4.99 Å². The summed E-state index contributed by atoms with van der Waals surface area (Å²) in [6.45, 7) is 0.244. The Hall–Kier alpha value is -3.36. The van der Waals surface area contributed by atoms with Gasteiger partial charge in [0.25, 0.3) is 5.91 Å². The minimum absolute atomic E-state index is 0.0919. The van der Waals surface area contributed by atoms with Crippen molar-refractivity contribution in [2.45, 2.75) is 25.7 Å². The van der Waals surface area contributed by atoms with Crippen LogP contribution in [0.2, 0.25) is 0 Å². The third-order valence-corrected chi connectivity index (χ3v) is 6.14. The number of para-hydroxylation sites is 1. The van der Waals surface area contributed by atoms with Gasteiger partial charge >= 0.3 is 0 Å². The molecule has 0 fully saturated rings. The van der Waals surface area contributed by atoms with E-state index in [4.69, 9.17) is 16.2 Å². The van der Waals surface area contributed by atoms with Crippen molar-refractivity contribution in [1.82, 2.24) is 0 Å². The molecular formula is C25H22N2O2S. The van der Waals surface area contributed by atoms with Crippen molar-refractivity contribution in [3.63, 3.8) is 0 Å². The number of carbonyl (C=O) groups excluding carboxylic acids is 1. The summed E-state index contributed by atoms with van der Waals surface area (Å²) < 4.78 is 5.40. The molecule has 0 atom stereocenters. The van der Waals surface area contributed by atoms with Gasteiger partial charge in [-0.3, -0.25) is 4.79 Å². The van der Waals surface area contributed by atoms with Gasteiger partial charge in [0.1, 0.15) is 17.4 Å². The number of nitrogens with one attached hydrogen (secondary N) is 1. The third kappa shape index (κ3) is 4.61. The zero-order chi connectivity index (χ0) is 20.8. The first-order chi connectivity index (χ1) is 14.7. The molecule has 0 spiro atoms. The van der Waals surface area contributed by atoms with E-state index in [9.17, 15) is 4.79 Å². The lowest BCUT2D eigenvalue weighted by atomic mass is 9.95. The minimum Gasteiger partial charge on any atom is -0.481 e. The van der Waals surface area contributed by atoms with Crippen LogP contribution in [-0.4, -0.2) is 18.7 Å². The zero-order valence-corrected chi connectivity index (χ0v) is 17.4. The van der Waals surface area contributed by atoms with Gasteiger partial charge in [-0.05, 0) is 73.2 Å². The number of aliphatic imine (C=N–C) groups is 1. The van der Waals surface area contributed by atoms with E-state index in [1.54, 1.807) is 17.6 Å². The Kier molecular flexibility index (Phi) is 6.26. The van der Waals surface area contributed by atoms with Crippen LogP contribution in [0.15, 0.2) is 59.6 Å². The number of aryl methyl sites for hydroxylation is 1. The largest absolute Gasteiger partial charge is 0.481 e. The van der Waals surface area contributed by atoms with Crippen LogP contribution in [0, 0.1) is 12.3 Å². The number of terminal acetylenes is 1. The number of thiophene rings is 1. The highest BCUT2D eigenvalue weighted by Gasteiger charge is 2.25. The number of fused-ring (bicyclic) bond motifs is 1. The smallest absolute Gasteiger partial charge is 0.259 e. The van der Waals surface area contributed by atoms with Crippen molar-refractivity contribution in [3.05, 3.63) is 76.2 Å². The molecule has 0 unspecified atom stereocenters. The summed E-state index contributed by atoms with van der Waals surface area (Å²) >= 11 is 1.63. The highest BCUT2D eigenvalue weighted by atomic mass is 32.1. The number of ether oxygens (including phenoxy) is 1. The number of nitrogens with zero attached hydrogens (tertiary/aromatic N) is 1. The van der Waals surface area contributed by atoms with Crippen LogP contribution in [0.25, 0.3) is 0 Å². The van der Waals surface area contributed by atoms with Crippen LogP contribution >= 0.6 is 11.3 Å². The first-order valence-electron chi connectivity index (χ1n) is 9.96. The van der Waals surface area contributed by atoms with Crippen LogP contribution in [-0.2, 0) is 12.8 Å². The second kappa shape index (κ2) is 9.43. The van der Waals surface area contributed by atoms with Gasteiger partial charge in [-0.2, -0.15) is 0 Å². The lowest BCUT2D eigenvalue weighted by Crippen LogP contribution is -2.14. The Morgan fingerprint density at radius 1 is 1.13 bits per heavy atom. The Labute approximate surface area is 180 Å². The maximum absolute atomic E-state index is 13.1. The predicted molar refractivity (Wildman–Crippen MR) is 123 cm³/mol. The van der Waals surface area contributed by atoms with E-state index < -0.39 is 0 Å².